The van der Waals surface area contributed by atoms with Crippen LogP contribution in [-0.4, -0.2) is 13.1 Å². The number of hydrogen-bond acceptors (Lipinski definition) is 2. The van der Waals surface area contributed by atoms with Crippen LogP contribution in [0.1, 0.15) is 71.1 Å². The van der Waals surface area contributed by atoms with Crippen LogP contribution in [0.5, 0.6) is 0 Å². The van der Waals surface area contributed by atoms with E-state index in [-0.39, 0.29) is 5.97 Å². The fourth-order valence-electron chi connectivity index (χ4n) is 1.79. The van der Waals surface area contributed by atoms with Crippen LogP contribution in [0.4, 0.5) is 0 Å². The third-order valence-corrected chi connectivity index (χ3v) is 3.06. The summed E-state index contributed by atoms with van der Waals surface area (Å²) < 4.78 is 4.56. The first-order valence-electron chi connectivity index (χ1n) is 8.01. The van der Waals surface area contributed by atoms with Crippen molar-refractivity contribution in [3.63, 3.8) is 0 Å². The second-order valence-corrected chi connectivity index (χ2v) is 4.96. The van der Waals surface area contributed by atoms with Crippen molar-refractivity contribution in [2.75, 3.05) is 7.11 Å². The molecule has 0 amide bonds. The number of unbranched alkanes of at least 4 members (excludes halogenated alkanes) is 7. The molecule has 0 rings (SSSR count). The van der Waals surface area contributed by atoms with Gasteiger partial charge < -0.3 is 4.74 Å². The quantitative estimate of drug-likeness (QED) is 0.332. The molecule has 0 saturated heterocycles. The lowest BCUT2D eigenvalue weighted by Gasteiger charge is -1.96. The minimum Gasteiger partial charge on any atom is -0.469 e. The Labute approximate surface area is 130 Å². The molecule has 0 aliphatic rings. The molecule has 0 spiro atoms. The van der Waals surface area contributed by atoms with E-state index >= 15 is 0 Å². The molecule has 0 N–H and O–H groups in total. The van der Waals surface area contributed by atoms with Crippen LogP contribution in [0.2, 0.25) is 0 Å². The molecule has 0 aliphatic heterocycles. The lowest BCUT2D eigenvalue weighted by Crippen LogP contribution is -1.98. The Morgan fingerprint density at radius 2 is 1.81 bits per heavy atom. The smallest absolute Gasteiger partial charge is 0.305 e. The van der Waals surface area contributed by atoms with Gasteiger partial charge in [0.15, 0.2) is 0 Å². The summed E-state index contributed by atoms with van der Waals surface area (Å²) in [6.45, 7) is 2.23. The molecule has 116 valence electrons. The summed E-state index contributed by atoms with van der Waals surface area (Å²) in [7, 11) is 1.41. The summed E-state index contributed by atoms with van der Waals surface area (Å²) in [5, 5.41) is 0. The third-order valence-electron chi connectivity index (χ3n) is 3.06. The van der Waals surface area contributed by atoms with Crippen molar-refractivity contribution in [1.82, 2.24) is 0 Å². The van der Waals surface area contributed by atoms with Gasteiger partial charge in [0.25, 0.3) is 0 Å². The molecule has 0 aromatic heterocycles. The monoisotopic (exact) mass is 288 g/mol. The van der Waals surface area contributed by atoms with Gasteiger partial charge in [0, 0.05) is 12.8 Å². The Hall–Kier alpha value is -1.67. The second-order valence-electron chi connectivity index (χ2n) is 4.96. The molecule has 2 nitrogen and oxygen atoms in total. The predicted octanol–water partition coefficient (Wildman–Crippen LogP) is 4.64. The zero-order valence-corrected chi connectivity index (χ0v) is 13.5. The number of rotatable bonds is 10. The average Bonchev–Trinajstić information content (AvgIpc) is 2.50. The van der Waals surface area contributed by atoms with Gasteiger partial charge in [0.1, 0.15) is 0 Å². The van der Waals surface area contributed by atoms with E-state index in [0.29, 0.717) is 6.42 Å². The number of allylic oxidation sites excluding steroid dienone is 2. The van der Waals surface area contributed by atoms with Crippen molar-refractivity contribution >= 4 is 5.97 Å². The molecule has 0 saturated carbocycles. The fourth-order valence-corrected chi connectivity index (χ4v) is 1.79. The first kappa shape index (κ1) is 19.3. The van der Waals surface area contributed by atoms with Gasteiger partial charge in [-0.15, -0.1) is 0 Å². The number of esters is 1. The summed E-state index contributed by atoms with van der Waals surface area (Å²) in [6.07, 6.45) is 14.6. The van der Waals surface area contributed by atoms with E-state index in [1.807, 2.05) is 6.08 Å². The van der Waals surface area contributed by atoms with Gasteiger partial charge >= 0.3 is 5.97 Å². The fraction of sp³-hybridized carbons (Fsp3) is 0.632. The Bertz CT molecular complexity index is 399. The number of carbonyl (C=O) groups excluding carboxylic acids is 1. The molecule has 0 atom stereocenters. The van der Waals surface area contributed by atoms with E-state index in [0.717, 1.165) is 19.3 Å². The number of carbonyl (C=O) groups is 1. The molecule has 0 aromatic carbocycles. The number of ether oxygens (including phenoxy) is 1. The van der Waals surface area contributed by atoms with Crippen molar-refractivity contribution in [2.24, 2.45) is 0 Å². The molecular weight excluding hydrogens is 260 g/mol. The summed E-state index contributed by atoms with van der Waals surface area (Å²) in [6, 6.07) is 0. The number of methoxy groups -OCH3 is 1. The maximum Gasteiger partial charge on any atom is 0.305 e. The van der Waals surface area contributed by atoms with Crippen molar-refractivity contribution in [1.29, 1.82) is 0 Å². The Balaban J connectivity index is 3.48. The largest absolute Gasteiger partial charge is 0.469 e. The summed E-state index contributed by atoms with van der Waals surface area (Å²) in [4.78, 5) is 10.9. The lowest BCUT2D eigenvalue weighted by atomic mass is 10.1. The van der Waals surface area contributed by atoms with Crippen LogP contribution >= 0.6 is 0 Å². The van der Waals surface area contributed by atoms with Gasteiger partial charge in [-0.2, -0.15) is 0 Å². The van der Waals surface area contributed by atoms with Gasteiger partial charge in [-0.3, -0.25) is 4.79 Å². The van der Waals surface area contributed by atoms with Crippen LogP contribution in [0.3, 0.4) is 0 Å². The SMILES string of the molecule is CCCCCCCCC#CC#C/C=C/CCCC(=O)OC. The van der Waals surface area contributed by atoms with Crippen LogP contribution in [0, 0.1) is 23.7 Å². The van der Waals surface area contributed by atoms with Gasteiger partial charge in [0.05, 0.1) is 7.11 Å². The Morgan fingerprint density at radius 1 is 1.05 bits per heavy atom. The summed E-state index contributed by atoms with van der Waals surface area (Å²) in [5.74, 6) is 11.5. The van der Waals surface area contributed by atoms with Gasteiger partial charge in [-0.25, -0.2) is 0 Å². The highest BCUT2D eigenvalue weighted by atomic mass is 16.5. The Kier molecular flexibility index (Phi) is 15.1. The molecule has 2 heteroatoms. The van der Waals surface area contributed by atoms with Gasteiger partial charge in [-0.1, -0.05) is 56.9 Å². The lowest BCUT2D eigenvalue weighted by molar-refractivity contribution is -0.140. The van der Waals surface area contributed by atoms with Crippen molar-refractivity contribution in [3.05, 3.63) is 12.2 Å². The summed E-state index contributed by atoms with van der Waals surface area (Å²) >= 11 is 0. The van der Waals surface area contributed by atoms with Crippen molar-refractivity contribution < 1.29 is 9.53 Å². The van der Waals surface area contributed by atoms with E-state index in [2.05, 4.69) is 35.3 Å². The minimum absolute atomic E-state index is 0.157. The van der Waals surface area contributed by atoms with E-state index in [4.69, 9.17) is 0 Å². The zero-order valence-electron chi connectivity index (χ0n) is 13.5. The van der Waals surface area contributed by atoms with Crippen molar-refractivity contribution in [3.8, 4) is 23.7 Å². The van der Waals surface area contributed by atoms with Crippen LogP contribution < -0.4 is 0 Å². The highest BCUT2D eigenvalue weighted by molar-refractivity contribution is 5.69. The number of hydrogen-bond donors (Lipinski definition) is 0. The molecule has 0 heterocycles. The predicted molar refractivity (Wildman–Crippen MR) is 88.6 cm³/mol. The molecule has 0 bridgehead atoms. The van der Waals surface area contributed by atoms with E-state index in [1.54, 1.807) is 6.08 Å². The highest BCUT2D eigenvalue weighted by Crippen LogP contribution is 2.05. The molecule has 0 aliphatic carbocycles. The van der Waals surface area contributed by atoms with Crippen LogP contribution in [0.15, 0.2) is 12.2 Å². The molecule has 21 heavy (non-hydrogen) atoms. The molecule has 0 aromatic rings. The zero-order chi connectivity index (χ0) is 15.6. The molecule has 0 radical (unpaired) electrons. The first-order valence-corrected chi connectivity index (χ1v) is 8.01. The minimum atomic E-state index is -0.157. The maximum atomic E-state index is 10.9. The van der Waals surface area contributed by atoms with Gasteiger partial charge in [0.2, 0.25) is 0 Å². The van der Waals surface area contributed by atoms with E-state index in [9.17, 15) is 4.79 Å². The van der Waals surface area contributed by atoms with Crippen LogP contribution in [-0.2, 0) is 9.53 Å². The van der Waals surface area contributed by atoms with E-state index < -0.39 is 0 Å². The normalized spacial score (nSPS) is 9.62. The summed E-state index contributed by atoms with van der Waals surface area (Å²) in [5.41, 5.74) is 0. The maximum absolute atomic E-state index is 10.9. The van der Waals surface area contributed by atoms with E-state index in [1.165, 1.54) is 45.6 Å². The van der Waals surface area contributed by atoms with Gasteiger partial charge in [-0.05, 0) is 37.2 Å². The third kappa shape index (κ3) is 16.3. The first-order chi connectivity index (χ1) is 10.3. The Morgan fingerprint density at radius 3 is 2.57 bits per heavy atom. The standard InChI is InChI=1S/C19H28O2/c1-3-4-5-6-7-8-9-10-11-12-13-14-15-16-17-18-19(20)21-2/h14-15H,3-9,16-18H2,1-2H3/b15-14+. The topological polar surface area (TPSA) is 26.3 Å². The molecular formula is C19H28O2. The molecule has 0 unspecified atom stereocenters. The highest BCUT2D eigenvalue weighted by Gasteiger charge is 1.96. The van der Waals surface area contributed by atoms with Crippen LogP contribution in [0.25, 0.3) is 0 Å². The second kappa shape index (κ2) is 16.4. The van der Waals surface area contributed by atoms with Crippen molar-refractivity contribution in [2.45, 2.75) is 71.1 Å². The molecule has 0 fully saturated rings. The average molecular weight is 288 g/mol.